The summed E-state index contributed by atoms with van der Waals surface area (Å²) in [6.45, 7) is 0.604. The Balaban J connectivity index is 1.44. The smallest absolute Gasteiger partial charge is 0.255 e. The topological polar surface area (TPSA) is 65.0 Å². The first-order chi connectivity index (χ1) is 16.1. The Hall–Kier alpha value is -4.16. The largest absolute Gasteiger partial charge is 0.397 e. The van der Waals surface area contributed by atoms with Crippen molar-refractivity contribution in [2.75, 3.05) is 11.1 Å². The third kappa shape index (κ3) is 4.04. The summed E-state index contributed by atoms with van der Waals surface area (Å²) in [5.74, 6) is -0.197. The quantitative estimate of drug-likeness (QED) is 0.253. The van der Waals surface area contributed by atoms with Crippen molar-refractivity contribution in [1.82, 2.24) is 9.13 Å². The number of hydrogen-bond donors (Lipinski definition) is 2. The molecule has 162 valence electrons. The van der Waals surface area contributed by atoms with E-state index in [1.807, 2.05) is 66.7 Å². The zero-order valence-electron chi connectivity index (χ0n) is 17.8. The van der Waals surface area contributed by atoms with Gasteiger partial charge >= 0.3 is 0 Å². The molecule has 5 aromatic rings. The minimum Gasteiger partial charge on any atom is -0.397 e. The normalized spacial score (nSPS) is 10.9. The number of imidazole rings is 1. The Morgan fingerprint density at radius 3 is 2.15 bits per heavy atom. The van der Waals surface area contributed by atoms with Crippen LogP contribution in [0.25, 0.3) is 16.7 Å². The van der Waals surface area contributed by atoms with Gasteiger partial charge in [-0.25, -0.2) is 0 Å². The molecule has 5 rings (SSSR count). The highest BCUT2D eigenvalue weighted by Crippen LogP contribution is 2.24. The average Bonchev–Trinajstić information content (AvgIpc) is 3.12. The number of aromatic nitrogens is 2. The molecule has 0 spiro atoms. The predicted octanol–water partition coefficient (Wildman–Crippen LogP) is 6.04. The Bertz CT molecular complexity index is 1500. The number of para-hydroxylation sites is 5. The van der Waals surface area contributed by atoms with Gasteiger partial charge in [-0.2, -0.15) is 0 Å². The highest BCUT2D eigenvalue weighted by atomic mass is 32.1. The number of nitrogens with two attached hydrogens (primary N) is 1. The maximum Gasteiger partial charge on any atom is 0.255 e. The number of nitrogens with one attached hydrogen (secondary N) is 1. The van der Waals surface area contributed by atoms with Gasteiger partial charge in [0, 0.05) is 11.3 Å². The zero-order chi connectivity index (χ0) is 22.8. The Morgan fingerprint density at radius 1 is 0.788 bits per heavy atom. The molecule has 0 aliphatic rings. The van der Waals surface area contributed by atoms with Gasteiger partial charge in [0.2, 0.25) is 0 Å². The van der Waals surface area contributed by atoms with Gasteiger partial charge in [0.1, 0.15) is 0 Å². The number of carbonyl (C=O) groups excluding carboxylic acids is 1. The average molecular weight is 451 g/mol. The molecule has 6 heteroatoms. The number of nitrogens with zero attached hydrogens (tertiary/aromatic N) is 2. The van der Waals surface area contributed by atoms with Gasteiger partial charge in [0.25, 0.3) is 5.91 Å². The van der Waals surface area contributed by atoms with Crippen LogP contribution in [0.5, 0.6) is 0 Å². The summed E-state index contributed by atoms with van der Waals surface area (Å²) >= 11 is 5.88. The molecule has 0 saturated heterocycles. The van der Waals surface area contributed by atoms with E-state index in [4.69, 9.17) is 18.0 Å². The molecule has 0 unspecified atom stereocenters. The lowest BCUT2D eigenvalue weighted by atomic mass is 10.1. The van der Waals surface area contributed by atoms with Crippen molar-refractivity contribution >= 4 is 40.5 Å². The predicted molar refractivity (Wildman–Crippen MR) is 136 cm³/mol. The van der Waals surface area contributed by atoms with Crippen LogP contribution in [0.1, 0.15) is 15.9 Å². The molecule has 5 nitrogen and oxygen atoms in total. The Labute approximate surface area is 196 Å². The summed E-state index contributed by atoms with van der Waals surface area (Å²) in [7, 11) is 0. The fourth-order valence-electron chi connectivity index (χ4n) is 3.94. The third-order valence-corrected chi connectivity index (χ3v) is 6.02. The van der Waals surface area contributed by atoms with Crippen LogP contribution >= 0.6 is 12.2 Å². The number of carbonyl (C=O) groups is 1. The molecule has 1 heterocycles. The number of benzene rings is 4. The second kappa shape index (κ2) is 8.76. The standard InChI is InChI=1S/C27H22N4OS/c28-22-10-4-5-11-23(22)29-26(32)20-16-14-19(15-17-20)18-30-24-12-6-7-13-25(24)31(27(30)33)21-8-2-1-3-9-21/h1-17H,18,28H2,(H,29,32). The van der Waals surface area contributed by atoms with Gasteiger partial charge in [-0.3, -0.25) is 9.36 Å². The van der Waals surface area contributed by atoms with E-state index in [-0.39, 0.29) is 5.91 Å². The van der Waals surface area contributed by atoms with Crippen molar-refractivity contribution in [3.05, 3.63) is 119 Å². The summed E-state index contributed by atoms with van der Waals surface area (Å²) in [6.07, 6.45) is 0. The van der Waals surface area contributed by atoms with E-state index in [2.05, 4.69) is 38.7 Å². The molecular formula is C27H22N4OS. The number of rotatable bonds is 5. The van der Waals surface area contributed by atoms with E-state index in [9.17, 15) is 4.79 Å². The maximum atomic E-state index is 12.6. The van der Waals surface area contributed by atoms with Crippen molar-refractivity contribution in [2.24, 2.45) is 0 Å². The Kier molecular flexibility index (Phi) is 5.50. The van der Waals surface area contributed by atoms with Crippen LogP contribution in [0, 0.1) is 4.77 Å². The lowest BCUT2D eigenvalue weighted by Gasteiger charge is -2.09. The highest BCUT2D eigenvalue weighted by molar-refractivity contribution is 7.71. The molecule has 0 radical (unpaired) electrons. The lowest BCUT2D eigenvalue weighted by Crippen LogP contribution is -2.13. The zero-order valence-corrected chi connectivity index (χ0v) is 18.6. The number of nitrogen functional groups attached to an aromatic ring is 1. The summed E-state index contributed by atoms with van der Waals surface area (Å²) in [5.41, 5.74) is 11.8. The van der Waals surface area contributed by atoms with Gasteiger partial charge in [0.15, 0.2) is 4.77 Å². The SMILES string of the molecule is Nc1ccccc1NC(=O)c1ccc(Cn2c(=S)n(-c3ccccc3)c3ccccc32)cc1. The fraction of sp³-hybridized carbons (Fsp3) is 0.0370. The van der Waals surface area contributed by atoms with Crippen LogP contribution in [-0.4, -0.2) is 15.0 Å². The van der Waals surface area contributed by atoms with Gasteiger partial charge < -0.3 is 15.6 Å². The van der Waals surface area contributed by atoms with Crippen LogP contribution in [0.4, 0.5) is 11.4 Å². The molecule has 33 heavy (non-hydrogen) atoms. The Morgan fingerprint density at radius 2 is 1.42 bits per heavy atom. The van der Waals surface area contributed by atoms with Crippen LogP contribution in [0.2, 0.25) is 0 Å². The molecular weight excluding hydrogens is 428 g/mol. The minimum atomic E-state index is -0.197. The van der Waals surface area contributed by atoms with Gasteiger partial charge in [-0.15, -0.1) is 0 Å². The van der Waals surface area contributed by atoms with E-state index in [1.54, 1.807) is 12.1 Å². The van der Waals surface area contributed by atoms with Crippen LogP contribution < -0.4 is 11.1 Å². The van der Waals surface area contributed by atoms with E-state index in [0.29, 0.717) is 23.5 Å². The summed E-state index contributed by atoms with van der Waals surface area (Å²) in [6, 6.07) is 33.1. The highest BCUT2D eigenvalue weighted by Gasteiger charge is 2.13. The van der Waals surface area contributed by atoms with E-state index < -0.39 is 0 Å². The first-order valence-electron chi connectivity index (χ1n) is 10.6. The molecule has 0 atom stereocenters. The monoisotopic (exact) mass is 450 g/mol. The van der Waals surface area contributed by atoms with Crippen molar-refractivity contribution in [3.8, 4) is 5.69 Å². The van der Waals surface area contributed by atoms with Crippen LogP contribution in [0.3, 0.4) is 0 Å². The first kappa shape index (κ1) is 20.7. The number of hydrogen-bond acceptors (Lipinski definition) is 3. The second-order valence-corrected chi connectivity index (χ2v) is 8.13. The minimum absolute atomic E-state index is 0.197. The summed E-state index contributed by atoms with van der Waals surface area (Å²) < 4.78 is 4.94. The number of anilines is 2. The summed E-state index contributed by atoms with van der Waals surface area (Å²) in [4.78, 5) is 12.6. The van der Waals surface area contributed by atoms with Crippen LogP contribution in [-0.2, 0) is 6.54 Å². The number of amides is 1. The van der Waals surface area contributed by atoms with Crippen molar-refractivity contribution in [1.29, 1.82) is 0 Å². The molecule has 3 N–H and O–H groups in total. The van der Waals surface area contributed by atoms with Gasteiger partial charge in [-0.1, -0.05) is 54.6 Å². The molecule has 0 bridgehead atoms. The van der Waals surface area contributed by atoms with Gasteiger partial charge in [-0.05, 0) is 66.3 Å². The first-order valence-corrected chi connectivity index (χ1v) is 11.0. The lowest BCUT2D eigenvalue weighted by molar-refractivity contribution is 0.102. The molecule has 4 aromatic carbocycles. The second-order valence-electron chi connectivity index (χ2n) is 7.77. The number of fused-ring (bicyclic) bond motifs is 1. The van der Waals surface area contributed by atoms with Gasteiger partial charge in [0.05, 0.1) is 29.0 Å². The third-order valence-electron chi connectivity index (χ3n) is 5.62. The molecule has 0 aliphatic heterocycles. The molecule has 0 aliphatic carbocycles. The van der Waals surface area contributed by atoms with E-state index >= 15 is 0 Å². The van der Waals surface area contributed by atoms with E-state index in [1.165, 1.54) is 0 Å². The van der Waals surface area contributed by atoms with E-state index in [0.717, 1.165) is 27.1 Å². The van der Waals surface area contributed by atoms with Crippen LogP contribution in [0.15, 0.2) is 103 Å². The molecule has 0 saturated carbocycles. The van der Waals surface area contributed by atoms with Crippen molar-refractivity contribution in [2.45, 2.75) is 6.54 Å². The summed E-state index contributed by atoms with van der Waals surface area (Å²) in [5, 5.41) is 2.86. The van der Waals surface area contributed by atoms with Crippen molar-refractivity contribution in [3.63, 3.8) is 0 Å². The fourth-order valence-corrected chi connectivity index (χ4v) is 4.30. The van der Waals surface area contributed by atoms with Crippen molar-refractivity contribution < 1.29 is 4.79 Å². The molecule has 1 amide bonds. The maximum absolute atomic E-state index is 12.6. The molecule has 1 aromatic heterocycles. The molecule has 0 fully saturated rings.